The van der Waals surface area contributed by atoms with Crippen LogP contribution in [0.3, 0.4) is 0 Å². The van der Waals surface area contributed by atoms with Gasteiger partial charge in [0.25, 0.3) is 0 Å². The molecule has 1 saturated heterocycles. The molecule has 3 rings (SSSR count). The number of aryl methyl sites for hydroxylation is 1. The molecular formula is C23H28N2O2. The highest BCUT2D eigenvalue weighted by molar-refractivity contribution is 6.03. The van der Waals surface area contributed by atoms with Gasteiger partial charge in [0, 0.05) is 24.3 Å². The minimum absolute atomic E-state index is 0.00230. The maximum atomic E-state index is 12.6. The molecule has 2 aromatic rings. The summed E-state index contributed by atoms with van der Waals surface area (Å²) >= 11 is 0. The zero-order valence-electron chi connectivity index (χ0n) is 16.6. The Morgan fingerprint density at radius 2 is 1.70 bits per heavy atom. The molecule has 0 aromatic heterocycles. The largest absolute Gasteiger partial charge is 0.326 e. The van der Waals surface area contributed by atoms with Crippen LogP contribution in [0.15, 0.2) is 48.5 Å². The molecule has 0 radical (unpaired) electrons. The van der Waals surface area contributed by atoms with Crippen LogP contribution < -0.4 is 10.2 Å². The van der Waals surface area contributed by atoms with Gasteiger partial charge in [0.2, 0.25) is 11.8 Å². The third-order valence-electron chi connectivity index (χ3n) is 5.17. The Morgan fingerprint density at radius 3 is 2.26 bits per heavy atom. The minimum atomic E-state index is -0.328. The highest BCUT2D eigenvalue weighted by atomic mass is 16.2. The van der Waals surface area contributed by atoms with Gasteiger partial charge in [-0.15, -0.1) is 0 Å². The lowest BCUT2D eigenvalue weighted by molar-refractivity contribution is -0.122. The molecule has 142 valence electrons. The average Bonchev–Trinajstić information content (AvgIpc) is 3.03. The third-order valence-corrected chi connectivity index (χ3v) is 5.17. The molecule has 2 amide bonds. The summed E-state index contributed by atoms with van der Waals surface area (Å²) in [6.07, 6.45) is 1.22. The molecule has 1 heterocycles. The fraction of sp³-hybridized carbons (Fsp3) is 0.391. The summed E-state index contributed by atoms with van der Waals surface area (Å²) in [5, 5.41) is 2.96. The Labute approximate surface area is 161 Å². The van der Waals surface area contributed by atoms with E-state index in [9.17, 15) is 9.59 Å². The molecule has 1 atom stereocenters. The van der Waals surface area contributed by atoms with Crippen LogP contribution in [0.25, 0.3) is 0 Å². The summed E-state index contributed by atoms with van der Waals surface area (Å²) in [7, 11) is 0. The summed E-state index contributed by atoms with van der Waals surface area (Å²) in [6.45, 7) is 9.01. The summed E-state index contributed by atoms with van der Waals surface area (Å²) in [6, 6.07) is 15.9. The minimum Gasteiger partial charge on any atom is -0.326 e. The summed E-state index contributed by atoms with van der Waals surface area (Å²) in [4.78, 5) is 26.7. The van der Waals surface area contributed by atoms with E-state index in [1.807, 2.05) is 48.5 Å². The van der Waals surface area contributed by atoms with Crippen LogP contribution in [-0.4, -0.2) is 18.4 Å². The van der Waals surface area contributed by atoms with Gasteiger partial charge in [-0.2, -0.15) is 0 Å². The number of benzene rings is 2. The van der Waals surface area contributed by atoms with Gasteiger partial charge in [-0.1, -0.05) is 52.0 Å². The Balaban J connectivity index is 1.65. The van der Waals surface area contributed by atoms with Crippen molar-refractivity contribution in [2.45, 2.75) is 46.0 Å². The Bertz CT molecular complexity index is 817. The van der Waals surface area contributed by atoms with Crippen molar-refractivity contribution in [1.29, 1.82) is 0 Å². The number of rotatable bonds is 4. The molecule has 0 aliphatic carbocycles. The molecule has 0 spiro atoms. The molecular weight excluding hydrogens is 336 g/mol. The van der Waals surface area contributed by atoms with E-state index in [1.54, 1.807) is 4.90 Å². The Hall–Kier alpha value is -2.62. The van der Waals surface area contributed by atoms with Crippen LogP contribution in [-0.2, 0) is 21.4 Å². The second-order valence-corrected chi connectivity index (χ2v) is 8.24. The summed E-state index contributed by atoms with van der Waals surface area (Å²) in [5.74, 6) is -0.423. The monoisotopic (exact) mass is 364 g/mol. The van der Waals surface area contributed by atoms with E-state index in [0.717, 1.165) is 17.8 Å². The van der Waals surface area contributed by atoms with E-state index in [2.05, 4.69) is 33.0 Å². The van der Waals surface area contributed by atoms with Gasteiger partial charge in [-0.05, 0) is 47.2 Å². The van der Waals surface area contributed by atoms with Gasteiger partial charge in [-0.3, -0.25) is 9.59 Å². The first-order valence-electron chi connectivity index (χ1n) is 9.58. The molecule has 0 unspecified atom stereocenters. The lowest BCUT2D eigenvalue weighted by Crippen LogP contribution is -2.28. The van der Waals surface area contributed by atoms with Gasteiger partial charge < -0.3 is 10.2 Å². The lowest BCUT2D eigenvalue weighted by Gasteiger charge is -2.19. The van der Waals surface area contributed by atoms with E-state index in [0.29, 0.717) is 6.54 Å². The molecule has 27 heavy (non-hydrogen) atoms. The van der Waals surface area contributed by atoms with Crippen LogP contribution in [0.1, 0.15) is 45.2 Å². The van der Waals surface area contributed by atoms with Crippen molar-refractivity contribution >= 4 is 23.2 Å². The predicted octanol–water partition coefficient (Wildman–Crippen LogP) is 4.54. The lowest BCUT2D eigenvalue weighted by atomic mass is 9.87. The number of hydrogen-bond acceptors (Lipinski definition) is 2. The first kappa shape index (κ1) is 19.2. The van der Waals surface area contributed by atoms with Crippen molar-refractivity contribution in [3.63, 3.8) is 0 Å². The normalized spacial score (nSPS) is 17.3. The van der Waals surface area contributed by atoms with E-state index in [4.69, 9.17) is 0 Å². The topological polar surface area (TPSA) is 49.4 Å². The Kier molecular flexibility index (Phi) is 5.36. The molecule has 4 heteroatoms. The molecule has 1 aliphatic rings. The Morgan fingerprint density at radius 1 is 1.07 bits per heavy atom. The fourth-order valence-corrected chi connectivity index (χ4v) is 3.34. The third kappa shape index (κ3) is 4.38. The number of carbonyl (C=O) groups excluding carboxylic acids is 2. The summed E-state index contributed by atoms with van der Waals surface area (Å²) < 4.78 is 0. The SMILES string of the molecule is CCc1ccc(N2C[C@@H](C(=O)Nc3ccc(C(C)(C)C)cc3)CC2=O)cc1. The molecule has 1 N–H and O–H groups in total. The second kappa shape index (κ2) is 7.55. The first-order chi connectivity index (χ1) is 12.8. The molecule has 2 aromatic carbocycles. The summed E-state index contributed by atoms with van der Waals surface area (Å²) in [5.41, 5.74) is 4.17. The first-order valence-corrected chi connectivity index (χ1v) is 9.58. The quantitative estimate of drug-likeness (QED) is 0.866. The van der Waals surface area contributed by atoms with Gasteiger partial charge in [0.05, 0.1) is 5.92 Å². The zero-order chi connectivity index (χ0) is 19.6. The van der Waals surface area contributed by atoms with Crippen molar-refractivity contribution < 1.29 is 9.59 Å². The predicted molar refractivity (Wildman–Crippen MR) is 110 cm³/mol. The van der Waals surface area contributed by atoms with Crippen LogP contribution in [0, 0.1) is 5.92 Å². The number of nitrogens with one attached hydrogen (secondary N) is 1. The van der Waals surface area contributed by atoms with E-state index < -0.39 is 0 Å². The maximum absolute atomic E-state index is 12.6. The second-order valence-electron chi connectivity index (χ2n) is 8.24. The van der Waals surface area contributed by atoms with Crippen LogP contribution in [0.2, 0.25) is 0 Å². The van der Waals surface area contributed by atoms with Crippen molar-refractivity contribution in [3.8, 4) is 0 Å². The van der Waals surface area contributed by atoms with Crippen LogP contribution in [0.4, 0.5) is 11.4 Å². The van der Waals surface area contributed by atoms with E-state index in [-0.39, 0.29) is 29.6 Å². The van der Waals surface area contributed by atoms with Crippen molar-refractivity contribution in [2.24, 2.45) is 5.92 Å². The van der Waals surface area contributed by atoms with Gasteiger partial charge in [-0.25, -0.2) is 0 Å². The van der Waals surface area contributed by atoms with Crippen molar-refractivity contribution in [1.82, 2.24) is 0 Å². The number of carbonyl (C=O) groups is 2. The molecule has 0 bridgehead atoms. The fourth-order valence-electron chi connectivity index (χ4n) is 3.34. The highest BCUT2D eigenvalue weighted by Crippen LogP contribution is 2.27. The molecule has 1 fully saturated rings. The smallest absolute Gasteiger partial charge is 0.229 e. The highest BCUT2D eigenvalue weighted by Gasteiger charge is 2.35. The van der Waals surface area contributed by atoms with Gasteiger partial charge in [0.15, 0.2) is 0 Å². The molecule has 0 saturated carbocycles. The van der Waals surface area contributed by atoms with Gasteiger partial charge in [0.1, 0.15) is 0 Å². The number of anilines is 2. The van der Waals surface area contributed by atoms with Crippen molar-refractivity contribution in [3.05, 3.63) is 59.7 Å². The standard InChI is InChI=1S/C23H28N2O2/c1-5-16-6-12-20(13-7-16)25-15-17(14-21(25)26)22(27)24-19-10-8-18(9-11-19)23(2,3)4/h6-13,17H,5,14-15H2,1-4H3,(H,24,27)/t17-/m0/s1. The number of amides is 2. The van der Waals surface area contributed by atoms with E-state index in [1.165, 1.54) is 11.1 Å². The zero-order valence-corrected chi connectivity index (χ0v) is 16.6. The average molecular weight is 364 g/mol. The maximum Gasteiger partial charge on any atom is 0.229 e. The van der Waals surface area contributed by atoms with E-state index >= 15 is 0 Å². The van der Waals surface area contributed by atoms with Crippen LogP contribution in [0.5, 0.6) is 0 Å². The molecule has 1 aliphatic heterocycles. The molecule has 4 nitrogen and oxygen atoms in total. The number of hydrogen-bond donors (Lipinski definition) is 1. The van der Waals surface area contributed by atoms with Crippen molar-refractivity contribution in [2.75, 3.05) is 16.8 Å². The van der Waals surface area contributed by atoms with Crippen LogP contribution >= 0.6 is 0 Å². The number of nitrogens with zero attached hydrogens (tertiary/aromatic N) is 1. The van der Waals surface area contributed by atoms with Gasteiger partial charge >= 0.3 is 0 Å².